The molecule has 136 valence electrons. The zero-order valence-electron chi connectivity index (χ0n) is 12.3. The molecule has 1 atom stereocenters. The van der Waals surface area contributed by atoms with E-state index in [0.29, 0.717) is 30.5 Å². The van der Waals surface area contributed by atoms with Gasteiger partial charge in [0.05, 0.1) is 6.26 Å². The van der Waals surface area contributed by atoms with Crippen LogP contribution in [0.4, 0.5) is 18.0 Å². The summed E-state index contributed by atoms with van der Waals surface area (Å²) in [5.41, 5.74) is 0. The average Bonchev–Trinajstić information content (AvgIpc) is 2.30. The van der Waals surface area contributed by atoms with Crippen molar-refractivity contribution in [1.82, 2.24) is 14.9 Å². The number of carbonyl (C=O) groups is 2. The van der Waals surface area contributed by atoms with Crippen molar-refractivity contribution in [1.29, 1.82) is 0 Å². The Hall–Kier alpha value is -0.940. The van der Waals surface area contributed by atoms with Crippen LogP contribution in [0.15, 0.2) is 0 Å². The monoisotopic (exact) mass is 399 g/mol. The summed E-state index contributed by atoms with van der Waals surface area (Å²) < 4.78 is 72.2. The zero-order valence-corrected chi connectivity index (χ0v) is 14.8. The van der Waals surface area contributed by atoms with Crippen molar-refractivity contribution in [3.63, 3.8) is 0 Å². The molecule has 0 aliphatic rings. The number of carbonyl (C=O) groups excluding carboxylic acids is 2. The third kappa shape index (κ3) is 10.4. The van der Waals surface area contributed by atoms with Crippen molar-refractivity contribution in [3.05, 3.63) is 0 Å². The van der Waals surface area contributed by atoms with Crippen LogP contribution in [-0.4, -0.2) is 38.5 Å². The van der Waals surface area contributed by atoms with E-state index < -0.39 is 34.8 Å². The zero-order chi connectivity index (χ0) is 18.3. The number of halogens is 3. The van der Waals surface area contributed by atoms with Gasteiger partial charge in [0.25, 0.3) is 0 Å². The third-order valence-electron chi connectivity index (χ3n) is 2.05. The summed E-state index contributed by atoms with van der Waals surface area (Å²) >= 11 is 0.419. The molecule has 3 N–H and O–H groups in total. The van der Waals surface area contributed by atoms with Crippen LogP contribution in [0.1, 0.15) is 26.2 Å². The molecular weight excluding hydrogens is 382 g/mol. The van der Waals surface area contributed by atoms with Crippen molar-refractivity contribution in [2.75, 3.05) is 12.0 Å². The molecule has 0 aliphatic carbocycles. The summed E-state index contributed by atoms with van der Waals surface area (Å²) in [6.07, 6.45) is -2.69. The highest BCUT2D eigenvalue weighted by Crippen LogP contribution is 2.51. The summed E-state index contributed by atoms with van der Waals surface area (Å²) in [6.45, 7) is -2.52. The van der Waals surface area contributed by atoms with Gasteiger partial charge < -0.3 is 0 Å². The molecule has 0 aromatic carbocycles. The summed E-state index contributed by atoms with van der Waals surface area (Å²) in [5.74, 6) is -2.40. The highest BCUT2D eigenvalue weighted by atomic mass is 32.7. The van der Waals surface area contributed by atoms with Gasteiger partial charge in [-0.25, -0.2) is 17.9 Å². The number of amides is 3. The molecule has 0 fully saturated rings. The average molecular weight is 399 g/mol. The van der Waals surface area contributed by atoms with Gasteiger partial charge in [-0.2, -0.15) is 13.2 Å². The Morgan fingerprint density at radius 2 is 1.74 bits per heavy atom. The first-order valence-electron chi connectivity index (χ1n) is 6.23. The van der Waals surface area contributed by atoms with E-state index in [1.54, 1.807) is 5.09 Å². The van der Waals surface area contributed by atoms with Gasteiger partial charge in [-0.3, -0.25) is 19.5 Å². The number of rotatable bonds is 8. The topological polar surface area (TPSA) is 121 Å². The lowest BCUT2D eigenvalue weighted by atomic mass is 10.3. The molecule has 0 aromatic heterocycles. The van der Waals surface area contributed by atoms with Crippen LogP contribution in [-0.2, 0) is 19.4 Å². The highest BCUT2D eigenvalue weighted by Gasteiger charge is 2.43. The van der Waals surface area contributed by atoms with E-state index in [1.165, 1.54) is 9.81 Å². The van der Waals surface area contributed by atoms with E-state index in [2.05, 4.69) is 0 Å². The Bertz CT molecular complexity index is 581. The van der Waals surface area contributed by atoms with Crippen LogP contribution in [0.2, 0.25) is 0 Å². The Morgan fingerprint density at radius 3 is 2.17 bits per heavy atom. The lowest BCUT2D eigenvalue weighted by Crippen LogP contribution is -2.42. The van der Waals surface area contributed by atoms with Crippen LogP contribution in [0, 0.1) is 0 Å². The number of hydrogen-bond donors (Lipinski definition) is 3. The molecule has 0 saturated heterocycles. The third-order valence-corrected chi connectivity index (χ3v) is 6.63. The molecule has 0 spiro atoms. The lowest BCUT2D eigenvalue weighted by Gasteiger charge is -2.20. The Kier molecular flexibility index (Phi) is 8.43. The maximum Gasteiger partial charge on any atom is 0.471 e. The first-order chi connectivity index (χ1) is 10.3. The minimum Gasteiger partial charge on any atom is -0.275 e. The molecule has 0 rings (SSSR count). The second kappa shape index (κ2) is 8.78. The summed E-state index contributed by atoms with van der Waals surface area (Å²) in [7, 11) is -4.01. The second-order valence-corrected chi connectivity index (χ2v) is 10.6. The van der Waals surface area contributed by atoms with Gasteiger partial charge in [0.15, 0.2) is 0 Å². The van der Waals surface area contributed by atoms with Crippen molar-refractivity contribution in [3.8, 4) is 0 Å². The van der Waals surface area contributed by atoms with Gasteiger partial charge in [-0.1, -0.05) is 31.1 Å². The highest BCUT2D eigenvalue weighted by molar-refractivity contribution is 8.57. The van der Waals surface area contributed by atoms with E-state index in [9.17, 15) is 35.7 Å². The number of alkyl halides is 3. The molecule has 0 saturated carbocycles. The van der Waals surface area contributed by atoms with Crippen molar-refractivity contribution in [2.24, 2.45) is 0 Å². The lowest BCUT2D eigenvalue weighted by molar-refractivity contribution is -0.171. The number of hydrogen-bond acceptors (Lipinski definition) is 6. The van der Waals surface area contributed by atoms with Gasteiger partial charge in [-0.15, -0.1) is 0 Å². The van der Waals surface area contributed by atoms with E-state index in [-0.39, 0.29) is 5.75 Å². The number of nitrogens with one attached hydrogen (secondary N) is 3. The summed E-state index contributed by atoms with van der Waals surface area (Å²) in [5, 5.41) is 2.80. The number of urea groups is 1. The van der Waals surface area contributed by atoms with E-state index in [0.717, 1.165) is 6.42 Å². The van der Waals surface area contributed by atoms with Crippen LogP contribution < -0.4 is 14.9 Å². The van der Waals surface area contributed by atoms with Crippen LogP contribution >= 0.6 is 18.0 Å². The first kappa shape index (κ1) is 22.1. The van der Waals surface area contributed by atoms with E-state index in [1.807, 2.05) is 6.92 Å². The molecule has 0 bridgehead atoms. The van der Waals surface area contributed by atoms with E-state index in [4.69, 9.17) is 0 Å². The first-order valence-corrected chi connectivity index (χ1v) is 11.4. The molecule has 0 radical (unpaired) electrons. The molecule has 14 heteroatoms. The maximum absolute atomic E-state index is 12.3. The summed E-state index contributed by atoms with van der Waals surface area (Å²) in [6, 6.07) is -1.50. The standard InChI is InChI=1S/C9H17F3N3O5PS2/c1-3-4-5-6-22-21(18,13-7(16)9(10,11)12)14-8(17)15-23(2,19)20/h3-6H2,1-2H3,(H3,13,14,15,16,17,18). The van der Waals surface area contributed by atoms with Crippen LogP contribution in [0.25, 0.3) is 0 Å². The summed E-state index contributed by atoms with van der Waals surface area (Å²) in [4.78, 5) is 22.3. The fraction of sp³-hybridized carbons (Fsp3) is 0.778. The normalized spacial score (nSPS) is 14.7. The molecule has 0 aromatic rings. The van der Waals surface area contributed by atoms with E-state index >= 15 is 0 Å². The Morgan fingerprint density at radius 1 is 1.17 bits per heavy atom. The smallest absolute Gasteiger partial charge is 0.275 e. The SMILES string of the molecule is CCCCCSP(=O)(NC(=O)NS(C)(=O)=O)NC(=O)C(F)(F)F. The Labute approximate surface area is 135 Å². The van der Waals surface area contributed by atoms with Crippen molar-refractivity contribution in [2.45, 2.75) is 32.4 Å². The molecule has 0 heterocycles. The number of unbranched alkanes of at least 4 members (excludes halogenated alkanes) is 2. The molecule has 1 unspecified atom stereocenters. The van der Waals surface area contributed by atoms with Crippen molar-refractivity contribution >= 4 is 40.0 Å². The predicted molar refractivity (Wildman–Crippen MR) is 80.3 cm³/mol. The second-order valence-electron chi connectivity index (χ2n) is 4.35. The van der Waals surface area contributed by atoms with Crippen molar-refractivity contribution < 1.29 is 35.7 Å². The molecular formula is C9H17F3N3O5PS2. The molecule has 8 nitrogen and oxygen atoms in total. The molecule has 0 aliphatic heterocycles. The fourth-order valence-corrected chi connectivity index (χ4v) is 5.16. The Balaban J connectivity index is 5.02. The van der Waals surface area contributed by atoms with Gasteiger partial charge >= 0.3 is 24.8 Å². The minimum absolute atomic E-state index is 0.0996. The van der Waals surface area contributed by atoms with Gasteiger partial charge in [-0.05, 0) is 6.42 Å². The molecule has 23 heavy (non-hydrogen) atoms. The minimum atomic E-state index is -5.30. The predicted octanol–water partition coefficient (Wildman–Crippen LogP) is 1.96. The maximum atomic E-state index is 12.3. The van der Waals surface area contributed by atoms with Crippen LogP contribution in [0.3, 0.4) is 0 Å². The van der Waals surface area contributed by atoms with Gasteiger partial charge in [0.1, 0.15) is 0 Å². The van der Waals surface area contributed by atoms with Gasteiger partial charge in [0.2, 0.25) is 10.0 Å². The molecule has 3 amide bonds. The van der Waals surface area contributed by atoms with Gasteiger partial charge in [0, 0.05) is 5.75 Å². The fourth-order valence-electron chi connectivity index (χ4n) is 1.16. The quantitative estimate of drug-likeness (QED) is 0.424. The van der Waals surface area contributed by atoms with Crippen LogP contribution in [0.5, 0.6) is 0 Å². The largest absolute Gasteiger partial charge is 0.471 e. The number of sulfonamides is 1.